The third-order valence-corrected chi connectivity index (χ3v) is 3.54. The van der Waals surface area contributed by atoms with E-state index in [4.69, 9.17) is 0 Å². The van der Waals surface area contributed by atoms with Crippen LogP contribution in [0.4, 0.5) is 0 Å². The minimum atomic E-state index is 0.109. The van der Waals surface area contributed by atoms with Crippen molar-refractivity contribution in [1.29, 1.82) is 0 Å². The summed E-state index contributed by atoms with van der Waals surface area (Å²) >= 11 is 0. The SMILES string of the molecule is CCC(CC)C(N=O)C1CCCC1. The highest BCUT2D eigenvalue weighted by Crippen LogP contribution is 2.34. The average molecular weight is 183 g/mol. The van der Waals surface area contributed by atoms with Gasteiger partial charge in [0.05, 0.1) is 6.04 Å². The largest absolute Gasteiger partial charge is 0.150 e. The minimum absolute atomic E-state index is 0.109. The van der Waals surface area contributed by atoms with Crippen LogP contribution in [-0.4, -0.2) is 6.04 Å². The molecule has 2 heteroatoms. The van der Waals surface area contributed by atoms with Gasteiger partial charge in [0.2, 0.25) is 0 Å². The van der Waals surface area contributed by atoms with Crippen LogP contribution in [-0.2, 0) is 0 Å². The van der Waals surface area contributed by atoms with Crippen LogP contribution in [0.15, 0.2) is 5.18 Å². The monoisotopic (exact) mass is 183 g/mol. The first-order chi connectivity index (χ1) is 6.33. The lowest BCUT2D eigenvalue weighted by molar-refractivity contribution is 0.297. The van der Waals surface area contributed by atoms with Crippen LogP contribution in [0.25, 0.3) is 0 Å². The fraction of sp³-hybridized carbons (Fsp3) is 1.00. The Kier molecular flexibility index (Phi) is 4.40. The molecule has 0 aromatic heterocycles. The molecule has 0 radical (unpaired) electrons. The van der Waals surface area contributed by atoms with Gasteiger partial charge in [-0.25, -0.2) is 0 Å². The number of hydrogen-bond acceptors (Lipinski definition) is 2. The topological polar surface area (TPSA) is 29.4 Å². The zero-order valence-electron chi connectivity index (χ0n) is 8.83. The second-order valence-electron chi connectivity index (χ2n) is 4.22. The van der Waals surface area contributed by atoms with Gasteiger partial charge in [0.25, 0.3) is 0 Å². The van der Waals surface area contributed by atoms with Crippen LogP contribution in [0, 0.1) is 16.7 Å². The van der Waals surface area contributed by atoms with E-state index < -0.39 is 0 Å². The molecule has 0 N–H and O–H groups in total. The highest BCUT2D eigenvalue weighted by Gasteiger charge is 2.30. The zero-order valence-corrected chi connectivity index (χ0v) is 8.83. The highest BCUT2D eigenvalue weighted by molar-refractivity contribution is 4.84. The van der Waals surface area contributed by atoms with Gasteiger partial charge in [0.15, 0.2) is 0 Å². The fourth-order valence-electron chi connectivity index (χ4n) is 2.63. The predicted octanol–water partition coefficient (Wildman–Crippen LogP) is 3.75. The molecule has 0 aromatic rings. The van der Waals surface area contributed by atoms with Crippen LogP contribution in [0.3, 0.4) is 0 Å². The Labute approximate surface area is 81.1 Å². The molecule has 1 unspecified atom stereocenters. The van der Waals surface area contributed by atoms with Crippen molar-refractivity contribution in [2.75, 3.05) is 0 Å². The van der Waals surface area contributed by atoms with Crippen LogP contribution < -0.4 is 0 Å². The molecule has 0 heterocycles. The van der Waals surface area contributed by atoms with Crippen molar-refractivity contribution < 1.29 is 0 Å². The summed E-state index contributed by atoms with van der Waals surface area (Å²) < 4.78 is 0. The van der Waals surface area contributed by atoms with Gasteiger partial charge in [-0.15, -0.1) is 0 Å². The predicted molar refractivity (Wildman–Crippen MR) is 55.6 cm³/mol. The van der Waals surface area contributed by atoms with Gasteiger partial charge in [-0.2, -0.15) is 4.91 Å². The molecule has 0 amide bonds. The molecule has 0 saturated heterocycles. The molecule has 1 rings (SSSR count). The molecule has 1 atom stereocenters. The van der Waals surface area contributed by atoms with Crippen molar-refractivity contribution >= 4 is 0 Å². The van der Waals surface area contributed by atoms with E-state index in [2.05, 4.69) is 19.0 Å². The molecular weight excluding hydrogens is 162 g/mol. The lowest BCUT2D eigenvalue weighted by atomic mass is 9.84. The first-order valence-corrected chi connectivity index (χ1v) is 5.65. The third kappa shape index (κ3) is 2.52. The average Bonchev–Trinajstić information content (AvgIpc) is 2.66. The molecule has 1 fully saturated rings. The number of nitrogens with zero attached hydrogens (tertiary/aromatic N) is 1. The van der Waals surface area contributed by atoms with E-state index >= 15 is 0 Å². The summed E-state index contributed by atoms with van der Waals surface area (Å²) in [7, 11) is 0. The first-order valence-electron chi connectivity index (χ1n) is 5.65. The Bertz CT molecular complexity index is 146. The van der Waals surface area contributed by atoms with Gasteiger partial charge in [0, 0.05) is 0 Å². The van der Waals surface area contributed by atoms with E-state index in [0.717, 1.165) is 12.8 Å². The maximum Gasteiger partial charge on any atom is 0.0975 e. The Morgan fingerprint density at radius 1 is 1.23 bits per heavy atom. The van der Waals surface area contributed by atoms with Crippen molar-refractivity contribution in [3.63, 3.8) is 0 Å². The molecule has 1 aliphatic rings. The normalized spacial score (nSPS) is 20.8. The Morgan fingerprint density at radius 2 is 1.77 bits per heavy atom. The van der Waals surface area contributed by atoms with Crippen LogP contribution in [0.2, 0.25) is 0 Å². The Morgan fingerprint density at radius 3 is 2.15 bits per heavy atom. The van der Waals surface area contributed by atoms with Crippen molar-refractivity contribution in [3.8, 4) is 0 Å². The van der Waals surface area contributed by atoms with Gasteiger partial charge in [-0.3, -0.25) is 0 Å². The van der Waals surface area contributed by atoms with Crippen molar-refractivity contribution in [3.05, 3.63) is 4.91 Å². The number of nitroso groups, excluding NO2 is 1. The molecule has 76 valence electrons. The summed E-state index contributed by atoms with van der Waals surface area (Å²) in [5.74, 6) is 1.13. The maximum atomic E-state index is 10.8. The smallest absolute Gasteiger partial charge is 0.0975 e. The summed E-state index contributed by atoms with van der Waals surface area (Å²) in [5, 5.41) is 3.36. The van der Waals surface area contributed by atoms with Gasteiger partial charge >= 0.3 is 0 Å². The van der Waals surface area contributed by atoms with Gasteiger partial charge in [0.1, 0.15) is 0 Å². The summed E-state index contributed by atoms with van der Waals surface area (Å²) in [5.41, 5.74) is 0. The highest BCUT2D eigenvalue weighted by atomic mass is 16.3. The van der Waals surface area contributed by atoms with Gasteiger partial charge in [-0.1, -0.05) is 44.7 Å². The molecule has 0 aliphatic heterocycles. The lowest BCUT2D eigenvalue weighted by Crippen LogP contribution is -2.24. The molecular formula is C11H21NO. The second-order valence-corrected chi connectivity index (χ2v) is 4.22. The van der Waals surface area contributed by atoms with E-state index in [1.807, 2.05) is 0 Å². The maximum absolute atomic E-state index is 10.8. The Hall–Kier alpha value is -0.400. The molecule has 0 aromatic carbocycles. The van der Waals surface area contributed by atoms with E-state index in [9.17, 15) is 4.91 Å². The van der Waals surface area contributed by atoms with Gasteiger partial charge < -0.3 is 0 Å². The first kappa shape index (κ1) is 10.7. The third-order valence-electron chi connectivity index (χ3n) is 3.54. The van der Waals surface area contributed by atoms with E-state index in [1.54, 1.807) is 0 Å². The zero-order chi connectivity index (χ0) is 9.68. The molecule has 0 spiro atoms. The quantitative estimate of drug-likeness (QED) is 0.597. The summed E-state index contributed by atoms with van der Waals surface area (Å²) in [6.45, 7) is 4.34. The molecule has 2 nitrogen and oxygen atoms in total. The van der Waals surface area contributed by atoms with E-state index in [-0.39, 0.29) is 6.04 Å². The Balaban J connectivity index is 2.53. The molecule has 1 saturated carbocycles. The van der Waals surface area contributed by atoms with Crippen LogP contribution in [0.5, 0.6) is 0 Å². The lowest BCUT2D eigenvalue weighted by Gasteiger charge is -2.23. The second kappa shape index (κ2) is 5.36. The molecule has 13 heavy (non-hydrogen) atoms. The summed E-state index contributed by atoms with van der Waals surface area (Å²) in [6.07, 6.45) is 7.26. The van der Waals surface area contributed by atoms with Crippen LogP contribution >= 0.6 is 0 Å². The van der Waals surface area contributed by atoms with Crippen molar-refractivity contribution in [1.82, 2.24) is 0 Å². The van der Waals surface area contributed by atoms with Gasteiger partial charge in [-0.05, 0) is 24.7 Å². The number of rotatable bonds is 5. The van der Waals surface area contributed by atoms with E-state index in [0.29, 0.717) is 11.8 Å². The molecule has 0 bridgehead atoms. The van der Waals surface area contributed by atoms with Crippen LogP contribution in [0.1, 0.15) is 52.4 Å². The number of hydrogen-bond donors (Lipinski definition) is 0. The van der Waals surface area contributed by atoms with Crippen molar-refractivity contribution in [2.45, 2.75) is 58.4 Å². The van der Waals surface area contributed by atoms with Crippen molar-refractivity contribution in [2.24, 2.45) is 17.0 Å². The standard InChI is InChI=1S/C11H21NO/c1-3-9(4-2)11(12-13)10-7-5-6-8-10/h9-11H,3-8H2,1-2H3. The summed E-state index contributed by atoms with van der Waals surface area (Å²) in [4.78, 5) is 10.8. The van der Waals surface area contributed by atoms with E-state index in [1.165, 1.54) is 25.7 Å². The summed E-state index contributed by atoms with van der Waals surface area (Å²) in [6, 6.07) is 0.109. The minimum Gasteiger partial charge on any atom is -0.150 e. The molecule has 1 aliphatic carbocycles. The fourth-order valence-corrected chi connectivity index (χ4v) is 2.63.